The number of nitrogens with two attached hydrogens (primary N) is 1. The maximum atomic E-state index is 11.6. The summed E-state index contributed by atoms with van der Waals surface area (Å²) < 4.78 is 1.56. The molecule has 1 aromatic rings. The second-order valence-corrected chi connectivity index (χ2v) is 5.31. The molecule has 1 saturated heterocycles. The molecule has 2 heterocycles. The fourth-order valence-corrected chi connectivity index (χ4v) is 3.11. The number of thioether (sulfide) groups is 1. The third kappa shape index (κ3) is 2.38. The Bertz CT molecular complexity index is 474. The Hall–Kier alpha value is -1.01. The van der Waals surface area contributed by atoms with Crippen molar-refractivity contribution in [1.82, 2.24) is 9.55 Å². The number of hydrogen-bond acceptors (Lipinski definition) is 4. The minimum absolute atomic E-state index is 0.160. The quantitative estimate of drug-likeness (QED) is 0.774. The Labute approximate surface area is 97.1 Å². The molecule has 0 saturated carbocycles. The summed E-state index contributed by atoms with van der Waals surface area (Å²) in [5.41, 5.74) is 5.19. The average molecular weight is 241 g/mol. The molecule has 1 aliphatic heterocycles. The summed E-state index contributed by atoms with van der Waals surface area (Å²) in [7, 11) is 0. The van der Waals surface area contributed by atoms with Crippen molar-refractivity contribution in [2.45, 2.75) is 31.2 Å². The molecular formula is C10H15N3O2S. The summed E-state index contributed by atoms with van der Waals surface area (Å²) in [4.78, 5) is 25.2. The average Bonchev–Trinajstić information content (AvgIpc) is 2.75. The maximum absolute atomic E-state index is 11.6. The number of nitrogens with one attached hydrogen (secondary N) is 1. The zero-order valence-corrected chi connectivity index (χ0v) is 9.76. The van der Waals surface area contributed by atoms with E-state index in [2.05, 4.69) is 4.98 Å². The van der Waals surface area contributed by atoms with Gasteiger partial charge in [-0.1, -0.05) is 0 Å². The minimum Gasteiger partial charge on any atom is -0.326 e. The van der Waals surface area contributed by atoms with Crippen LogP contribution in [0.15, 0.2) is 15.8 Å². The molecule has 1 fully saturated rings. The lowest BCUT2D eigenvalue weighted by Crippen LogP contribution is -2.34. The van der Waals surface area contributed by atoms with Crippen molar-refractivity contribution >= 4 is 11.8 Å². The van der Waals surface area contributed by atoms with Gasteiger partial charge in [0.25, 0.3) is 5.56 Å². The van der Waals surface area contributed by atoms with Gasteiger partial charge in [-0.15, -0.1) is 0 Å². The van der Waals surface area contributed by atoms with E-state index in [0.717, 1.165) is 12.2 Å². The molecule has 1 atom stereocenters. The van der Waals surface area contributed by atoms with Gasteiger partial charge in [0.15, 0.2) is 0 Å². The third-order valence-electron chi connectivity index (χ3n) is 2.73. The van der Waals surface area contributed by atoms with E-state index in [1.54, 1.807) is 10.8 Å². The molecule has 1 aliphatic rings. The Morgan fingerprint density at radius 1 is 1.56 bits per heavy atom. The molecule has 6 heteroatoms. The number of rotatable bonds is 3. The Morgan fingerprint density at radius 2 is 2.38 bits per heavy atom. The summed E-state index contributed by atoms with van der Waals surface area (Å²) in [6.07, 6.45) is 3.92. The highest BCUT2D eigenvalue weighted by Crippen LogP contribution is 2.26. The normalized spacial score (nSPS) is 20.2. The van der Waals surface area contributed by atoms with Gasteiger partial charge in [0.1, 0.15) is 0 Å². The Balaban J connectivity index is 2.25. The van der Waals surface area contributed by atoms with Crippen LogP contribution in [0.4, 0.5) is 0 Å². The molecule has 0 radical (unpaired) electrons. The van der Waals surface area contributed by atoms with Gasteiger partial charge in [0, 0.05) is 30.1 Å². The Kier molecular flexibility index (Phi) is 3.50. The van der Waals surface area contributed by atoms with Crippen LogP contribution in [-0.4, -0.2) is 20.6 Å². The van der Waals surface area contributed by atoms with Crippen molar-refractivity contribution < 1.29 is 0 Å². The van der Waals surface area contributed by atoms with E-state index in [0.29, 0.717) is 17.4 Å². The van der Waals surface area contributed by atoms with Crippen LogP contribution in [0.1, 0.15) is 18.4 Å². The van der Waals surface area contributed by atoms with Gasteiger partial charge in [0.05, 0.1) is 0 Å². The van der Waals surface area contributed by atoms with Gasteiger partial charge in [0.2, 0.25) is 0 Å². The fourth-order valence-electron chi connectivity index (χ4n) is 1.84. The standard InChI is InChI=1S/C10H15N3O2S/c11-4-7-5-13(10(15)12-9(7)14)6-8-2-1-3-16-8/h5,8H,1-4,6,11H2,(H,12,14,15). The molecular weight excluding hydrogens is 226 g/mol. The zero-order chi connectivity index (χ0) is 11.5. The number of hydrogen-bond donors (Lipinski definition) is 2. The first-order valence-electron chi connectivity index (χ1n) is 5.35. The van der Waals surface area contributed by atoms with Crippen LogP contribution in [0.5, 0.6) is 0 Å². The van der Waals surface area contributed by atoms with Crippen LogP contribution in [0, 0.1) is 0 Å². The second kappa shape index (κ2) is 4.88. The summed E-state index contributed by atoms with van der Waals surface area (Å²) in [6, 6.07) is 0. The number of aromatic nitrogens is 2. The van der Waals surface area contributed by atoms with Gasteiger partial charge in [-0.2, -0.15) is 11.8 Å². The number of nitrogens with zero attached hydrogens (tertiary/aromatic N) is 1. The smallest absolute Gasteiger partial charge is 0.326 e. The van der Waals surface area contributed by atoms with E-state index < -0.39 is 0 Å². The lowest BCUT2D eigenvalue weighted by atomic mass is 10.2. The van der Waals surface area contributed by atoms with Gasteiger partial charge < -0.3 is 5.73 Å². The topological polar surface area (TPSA) is 80.9 Å². The minimum atomic E-state index is -0.372. The molecule has 16 heavy (non-hydrogen) atoms. The van der Waals surface area contributed by atoms with Crippen molar-refractivity contribution in [3.05, 3.63) is 32.6 Å². The van der Waals surface area contributed by atoms with Gasteiger partial charge >= 0.3 is 5.69 Å². The number of H-pyrrole nitrogens is 1. The first-order chi connectivity index (χ1) is 7.70. The monoisotopic (exact) mass is 241 g/mol. The highest BCUT2D eigenvalue weighted by Gasteiger charge is 2.17. The fraction of sp³-hybridized carbons (Fsp3) is 0.600. The van der Waals surface area contributed by atoms with Gasteiger partial charge in [-0.25, -0.2) is 4.79 Å². The second-order valence-electron chi connectivity index (χ2n) is 3.91. The maximum Gasteiger partial charge on any atom is 0.328 e. The van der Waals surface area contributed by atoms with Crippen LogP contribution in [-0.2, 0) is 13.1 Å². The largest absolute Gasteiger partial charge is 0.328 e. The first kappa shape index (κ1) is 11.5. The summed E-state index contributed by atoms with van der Waals surface area (Å²) in [5.74, 6) is 1.16. The van der Waals surface area contributed by atoms with Gasteiger partial charge in [-0.05, 0) is 18.6 Å². The summed E-state index contributed by atoms with van der Waals surface area (Å²) in [5, 5.41) is 0.481. The molecule has 1 unspecified atom stereocenters. The van der Waals surface area contributed by atoms with Crippen LogP contribution in [0.2, 0.25) is 0 Å². The van der Waals surface area contributed by atoms with E-state index in [1.807, 2.05) is 11.8 Å². The van der Waals surface area contributed by atoms with E-state index in [4.69, 9.17) is 5.73 Å². The summed E-state index contributed by atoms with van der Waals surface area (Å²) in [6.45, 7) is 0.820. The van der Waals surface area contributed by atoms with Crippen LogP contribution in [0.25, 0.3) is 0 Å². The van der Waals surface area contributed by atoms with E-state index in [9.17, 15) is 9.59 Å². The third-order valence-corrected chi connectivity index (χ3v) is 4.11. The molecule has 0 amide bonds. The van der Waals surface area contributed by atoms with E-state index in [1.165, 1.54) is 6.42 Å². The molecule has 3 N–H and O–H groups in total. The van der Waals surface area contributed by atoms with Crippen molar-refractivity contribution in [1.29, 1.82) is 0 Å². The lowest BCUT2D eigenvalue weighted by molar-refractivity contribution is 0.598. The van der Waals surface area contributed by atoms with Crippen LogP contribution >= 0.6 is 11.8 Å². The molecule has 0 aromatic carbocycles. The predicted octanol–water partition coefficient (Wildman–Crippen LogP) is -0.109. The molecule has 1 aromatic heterocycles. The van der Waals surface area contributed by atoms with E-state index >= 15 is 0 Å². The number of aromatic amines is 1. The molecule has 5 nitrogen and oxygen atoms in total. The van der Waals surface area contributed by atoms with Crippen molar-refractivity contribution in [2.24, 2.45) is 5.73 Å². The van der Waals surface area contributed by atoms with Gasteiger partial charge in [-0.3, -0.25) is 14.3 Å². The van der Waals surface area contributed by atoms with Crippen molar-refractivity contribution in [3.8, 4) is 0 Å². The molecule has 0 bridgehead atoms. The Morgan fingerprint density at radius 3 is 3.00 bits per heavy atom. The molecule has 88 valence electrons. The highest BCUT2D eigenvalue weighted by molar-refractivity contribution is 8.00. The van der Waals surface area contributed by atoms with Crippen molar-refractivity contribution in [3.63, 3.8) is 0 Å². The summed E-state index contributed by atoms with van der Waals surface area (Å²) >= 11 is 1.88. The van der Waals surface area contributed by atoms with Crippen molar-refractivity contribution in [2.75, 3.05) is 5.75 Å². The lowest BCUT2D eigenvalue weighted by Gasteiger charge is -2.11. The molecule has 0 aliphatic carbocycles. The molecule has 2 rings (SSSR count). The van der Waals surface area contributed by atoms with E-state index in [-0.39, 0.29) is 17.8 Å². The molecule has 0 spiro atoms. The van der Waals surface area contributed by atoms with Crippen LogP contribution < -0.4 is 17.0 Å². The van der Waals surface area contributed by atoms with Crippen LogP contribution in [0.3, 0.4) is 0 Å². The SMILES string of the molecule is NCc1cn(CC2CCCS2)c(=O)[nH]c1=O. The first-order valence-corrected chi connectivity index (χ1v) is 6.40. The zero-order valence-electron chi connectivity index (χ0n) is 8.94. The highest BCUT2D eigenvalue weighted by atomic mass is 32.2. The predicted molar refractivity (Wildman–Crippen MR) is 64.7 cm³/mol.